The number of thioether (sulfide) groups is 1. The smallest absolute Gasteiger partial charge is 0.338 e. The van der Waals surface area contributed by atoms with Crippen molar-refractivity contribution in [3.8, 4) is 11.5 Å². The molecular weight excluding hydrogens is 665 g/mol. The minimum atomic E-state index is -0.738. The zero-order valence-corrected chi connectivity index (χ0v) is 29.4. The van der Waals surface area contributed by atoms with Gasteiger partial charge >= 0.3 is 5.97 Å². The summed E-state index contributed by atoms with van der Waals surface area (Å²) in [6.07, 6.45) is 3.83. The van der Waals surface area contributed by atoms with Crippen LogP contribution < -0.4 is 24.4 Å². The van der Waals surface area contributed by atoms with Crippen LogP contribution in [0.4, 0.5) is 0 Å². The van der Waals surface area contributed by atoms with E-state index in [1.54, 1.807) is 30.4 Å². The lowest BCUT2D eigenvalue weighted by atomic mass is 9.93. The predicted octanol–water partition coefficient (Wildman–Crippen LogP) is 7.40. The summed E-state index contributed by atoms with van der Waals surface area (Å²) in [6.45, 7) is 2.34. The second-order valence-corrected chi connectivity index (χ2v) is 13.4. The second-order valence-electron chi connectivity index (χ2n) is 11.5. The highest BCUT2D eigenvalue weighted by Gasteiger charge is 2.35. The van der Waals surface area contributed by atoms with Crippen molar-refractivity contribution in [2.24, 2.45) is 4.99 Å². The topological polar surface area (TPSA) is 79.1 Å². The van der Waals surface area contributed by atoms with Crippen LogP contribution in [0.3, 0.4) is 0 Å². The van der Waals surface area contributed by atoms with E-state index in [1.165, 1.54) is 11.3 Å². The number of esters is 1. The maximum absolute atomic E-state index is 14.3. The molecule has 0 unspecified atom stereocenters. The number of aromatic nitrogens is 1. The fourth-order valence-corrected chi connectivity index (χ4v) is 7.57. The molecule has 0 amide bonds. The lowest BCUT2D eigenvalue weighted by Gasteiger charge is -2.26. The van der Waals surface area contributed by atoms with E-state index in [9.17, 15) is 9.59 Å². The summed E-state index contributed by atoms with van der Waals surface area (Å²) in [5.74, 6) is 0.640. The normalized spacial score (nSPS) is 14.3. The molecule has 0 aliphatic carbocycles. The number of thiazole rings is 1. The zero-order chi connectivity index (χ0) is 34.6. The Morgan fingerprint density at radius 1 is 0.920 bits per heavy atom. The summed E-state index contributed by atoms with van der Waals surface area (Å²) in [5, 5.41) is 2.29. The van der Waals surface area contributed by atoms with Gasteiger partial charge in [0.15, 0.2) is 16.3 Å². The largest absolute Gasteiger partial charge is 0.493 e. The number of fused-ring (bicyclic) bond motifs is 2. The van der Waals surface area contributed by atoms with Gasteiger partial charge in [0.2, 0.25) is 0 Å². The van der Waals surface area contributed by atoms with Gasteiger partial charge in [-0.3, -0.25) is 9.36 Å². The number of benzene rings is 5. The van der Waals surface area contributed by atoms with Gasteiger partial charge in [-0.2, -0.15) is 0 Å². The molecule has 0 spiro atoms. The molecule has 0 saturated heterocycles. The quantitative estimate of drug-likeness (QED) is 0.110. The summed E-state index contributed by atoms with van der Waals surface area (Å²) < 4.78 is 19.6. The Morgan fingerprint density at radius 2 is 1.68 bits per heavy atom. The fraction of sp³-hybridized carbons (Fsp3) is 0.146. The molecule has 0 fully saturated rings. The summed E-state index contributed by atoms with van der Waals surface area (Å²) in [4.78, 5) is 34.6. The van der Waals surface area contributed by atoms with Crippen LogP contribution in [0, 0.1) is 0 Å². The molecule has 250 valence electrons. The monoisotopic (exact) mass is 698 g/mol. The van der Waals surface area contributed by atoms with E-state index in [0.717, 1.165) is 37.9 Å². The fourth-order valence-electron chi connectivity index (χ4n) is 6.16. The summed E-state index contributed by atoms with van der Waals surface area (Å²) in [7, 11) is 1.60. The van der Waals surface area contributed by atoms with Gasteiger partial charge in [0.05, 0.1) is 35.6 Å². The van der Waals surface area contributed by atoms with Gasteiger partial charge in [-0.05, 0) is 71.0 Å². The van der Waals surface area contributed by atoms with Gasteiger partial charge in [0.25, 0.3) is 5.56 Å². The summed E-state index contributed by atoms with van der Waals surface area (Å²) in [5.41, 5.74) is 3.95. The first-order chi connectivity index (χ1) is 24.5. The van der Waals surface area contributed by atoms with Crippen molar-refractivity contribution in [2.45, 2.75) is 24.5 Å². The first-order valence-corrected chi connectivity index (χ1v) is 18.2. The lowest BCUT2D eigenvalue weighted by Crippen LogP contribution is -2.40. The first-order valence-electron chi connectivity index (χ1n) is 16.2. The van der Waals surface area contributed by atoms with Crippen LogP contribution in [0.1, 0.15) is 35.2 Å². The van der Waals surface area contributed by atoms with Crippen molar-refractivity contribution in [3.05, 3.63) is 163 Å². The molecule has 7 rings (SSSR count). The molecule has 0 saturated carbocycles. The van der Waals surface area contributed by atoms with Crippen LogP contribution in [-0.4, -0.2) is 30.5 Å². The number of carbonyl (C=O) groups excluding carboxylic acids is 1. The molecule has 1 aliphatic rings. The van der Waals surface area contributed by atoms with Crippen LogP contribution in [-0.2, 0) is 16.1 Å². The standard InChI is InChI=1S/C41H34N2O5S2/c1-4-47-40(45)36-37(28-12-6-5-7-13-28)42-41-43(38(36)29-18-20-31(49-3)21-19-29)39(44)35(50-41)24-26-17-22-33(34(23-26)46-2)48-25-30-15-10-14-27-11-8-9-16-32(27)30/h5-24,38H,4,25H2,1-3H3/b35-24-/t38-/m0/s1. The Bertz CT molecular complexity index is 2410. The third-order valence-corrected chi connectivity index (χ3v) is 10.3. The highest BCUT2D eigenvalue weighted by molar-refractivity contribution is 7.98. The summed E-state index contributed by atoms with van der Waals surface area (Å²) in [6, 6.07) is 36.7. The van der Waals surface area contributed by atoms with E-state index in [4.69, 9.17) is 19.2 Å². The molecule has 1 aliphatic heterocycles. The van der Waals surface area contributed by atoms with Crippen molar-refractivity contribution < 1.29 is 19.0 Å². The molecule has 0 N–H and O–H groups in total. The van der Waals surface area contributed by atoms with Crippen LogP contribution >= 0.6 is 23.1 Å². The van der Waals surface area contributed by atoms with Crippen LogP contribution in [0.15, 0.2) is 136 Å². The Labute approximate surface area is 297 Å². The second kappa shape index (κ2) is 14.6. The number of ether oxygens (including phenoxy) is 3. The van der Waals surface area contributed by atoms with Gasteiger partial charge < -0.3 is 14.2 Å². The lowest BCUT2D eigenvalue weighted by molar-refractivity contribution is -0.138. The maximum Gasteiger partial charge on any atom is 0.338 e. The van der Waals surface area contributed by atoms with Crippen LogP contribution in [0.5, 0.6) is 11.5 Å². The molecule has 6 aromatic rings. The van der Waals surface area contributed by atoms with Gasteiger partial charge in [-0.15, -0.1) is 11.8 Å². The third-order valence-electron chi connectivity index (χ3n) is 8.55. The van der Waals surface area contributed by atoms with E-state index in [1.807, 2.05) is 103 Å². The van der Waals surface area contributed by atoms with Gasteiger partial charge in [-0.1, -0.05) is 102 Å². The average Bonchev–Trinajstić information content (AvgIpc) is 3.47. The minimum absolute atomic E-state index is 0.191. The third kappa shape index (κ3) is 6.49. The maximum atomic E-state index is 14.3. The molecule has 1 aromatic heterocycles. The van der Waals surface area contributed by atoms with E-state index >= 15 is 0 Å². The molecule has 5 aromatic carbocycles. The molecule has 9 heteroatoms. The van der Waals surface area contributed by atoms with Crippen molar-refractivity contribution in [2.75, 3.05) is 20.0 Å². The highest BCUT2D eigenvalue weighted by atomic mass is 32.2. The van der Waals surface area contributed by atoms with Gasteiger partial charge in [0.1, 0.15) is 6.61 Å². The number of hydrogen-bond donors (Lipinski definition) is 0. The average molecular weight is 699 g/mol. The number of hydrogen-bond acceptors (Lipinski definition) is 8. The summed E-state index contributed by atoms with van der Waals surface area (Å²) >= 11 is 2.90. The van der Waals surface area contributed by atoms with Crippen LogP contribution in [0.2, 0.25) is 0 Å². The SMILES string of the molecule is CCOC(=O)C1=C(c2ccccc2)N=c2s/c(=C\c3ccc(OCc4cccc5ccccc45)c(OC)c3)c(=O)n2[C@H]1c1ccc(SC)cc1. The van der Waals surface area contributed by atoms with E-state index in [0.29, 0.717) is 38.7 Å². The highest BCUT2D eigenvalue weighted by Crippen LogP contribution is 2.36. The first kappa shape index (κ1) is 33.1. The number of rotatable bonds is 10. The number of nitrogens with zero attached hydrogens (tertiary/aromatic N) is 2. The molecule has 50 heavy (non-hydrogen) atoms. The number of carbonyl (C=O) groups is 1. The van der Waals surface area contributed by atoms with Crippen molar-refractivity contribution >= 4 is 51.6 Å². The van der Waals surface area contributed by atoms with Crippen molar-refractivity contribution in [1.29, 1.82) is 0 Å². The van der Waals surface area contributed by atoms with Gasteiger partial charge in [0, 0.05) is 10.5 Å². The Balaban J connectivity index is 1.31. The van der Waals surface area contributed by atoms with E-state index in [2.05, 4.69) is 24.3 Å². The van der Waals surface area contributed by atoms with Gasteiger partial charge in [-0.25, -0.2) is 9.79 Å². The molecule has 0 radical (unpaired) electrons. The van der Waals surface area contributed by atoms with Crippen molar-refractivity contribution in [3.63, 3.8) is 0 Å². The zero-order valence-electron chi connectivity index (χ0n) is 27.8. The molecule has 1 atom stereocenters. The van der Waals surface area contributed by atoms with Crippen molar-refractivity contribution in [1.82, 2.24) is 4.57 Å². The molecule has 7 nitrogen and oxygen atoms in total. The molecular formula is C41H34N2O5S2. The van der Waals surface area contributed by atoms with Crippen LogP contribution in [0.25, 0.3) is 22.5 Å². The molecule has 2 heterocycles. The molecule has 0 bridgehead atoms. The minimum Gasteiger partial charge on any atom is -0.493 e. The number of methoxy groups -OCH3 is 1. The van der Waals surface area contributed by atoms with E-state index in [-0.39, 0.29) is 12.2 Å². The predicted molar refractivity (Wildman–Crippen MR) is 201 cm³/mol. The Kier molecular flexibility index (Phi) is 9.69. The van der Waals surface area contributed by atoms with E-state index < -0.39 is 12.0 Å². The Morgan fingerprint density at radius 3 is 2.44 bits per heavy atom. The Hall–Kier alpha value is -5.38.